The topological polar surface area (TPSA) is 93.1 Å². The SMILES string of the molecule is CC(=O)c1ccc(OCC(=O)OCC(=O)c2cc(C)n(-c3ccc4c(c3)OCCO4)c2C)cc1. The Balaban J connectivity index is 1.37. The number of rotatable bonds is 8. The van der Waals surface area contributed by atoms with Gasteiger partial charge in [-0.2, -0.15) is 0 Å². The minimum absolute atomic E-state index is 0.0576. The number of benzene rings is 2. The molecule has 4 rings (SSSR count). The van der Waals surface area contributed by atoms with Crippen molar-refractivity contribution in [3.63, 3.8) is 0 Å². The summed E-state index contributed by atoms with van der Waals surface area (Å²) < 4.78 is 23.7. The first-order valence-corrected chi connectivity index (χ1v) is 10.8. The lowest BCUT2D eigenvalue weighted by molar-refractivity contribution is -0.144. The van der Waals surface area contributed by atoms with Crippen LogP contribution in [0.4, 0.5) is 0 Å². The van der Waals surface area contributed by atoms with Crippen LogP contribution in [0, 0.1) is 13.8 Å². The number of nitrogens with zero attached hydrogens (tertiary/aromatic N) is 1. The third-order valence-corrected chi connectivity index (χ3v) is 5.50. The number of carbonyl (C=O) groups excluding carboxylic acids is 3. The number of Topliss-reactive ketones (excluding diaryl/α,β-unsaturated/α-hetero) is 2. The van der Waals surface area contributed by atoms with Gasteiger partial charge >= 0.3 is 5.97 Å². The molecule has 2 heterocycles. The number of hydrogen-bond acceptors (Lipinski definition) is 7. The maximum absolute atomic E-state index is 12.8. The molecule has 0 spiro atoms. The number of carbonyl (C=O) groups is 3. The third kappa shape index (κ3) is 4.96. The predicted molar refractivity (Wildman–Crippen MR) is 123 cm³/mol. The molecule has 0 saturated heterocycles. The summed E-state index contributed by atoms with van der Waals surface area (Å²) in [6, 6.07) is 13.8. The highest BCUT2D eigenvalue weighted by molar-refractivity contribution is 5.99. The van der Waals surface area contributed by atoms with Gasteiger partial charge in [0.25, 0.3) is 0 Å². The average Bonchev–Trinajstić information content (AvgIpc) is 3.14. The van der Waals surface area contributed by atoms with E-state index in [2.05, 4.69) is 0 Å². The molecule has 0 N–H and O–H groups in total. The van der Waals surface area contributed by atoms with Crippen molar-refractivity contribution in [1.82, 2.24) is 4.57 Å². The minimum Gasteiger partial charge on any atom is -0.486 e. The zero-order chi connectivity index (χ0) is 24.2. The maximum Gasteiger partial charge on any atom is 0.344 e. The van der Waals surface area contributed by atoms with Crippen molar-refractivity contribution in [3.05, 3.63) is 71.0 Å². The molecule has 2 aromatic carbocycles. The van der Waals surface area contributed by atoms with Crippen LogP contribution in [0.1, 0.15) is 39.0 Å². The van der Waals surface area contributed by atoms with E-state index in [9.17, 15) is 14.4 Å². The fourth-order valence-electron chi connectivity index (χ4n) is 3.81. The van der Waals surface area contributed by atoms with Crippen LogP contribution in [0.15, 0.2) is 48.5 Å². The van der Waals surface area contributed by atoms with Crippen molar-refractivity contribution in [1.29, 1.82) is 0 Å². The first-order valence-electron chi connectivity index (χ1n) is 10.8. The van der Waals surface area contributed by atoms with E-state index in [-0.39, 0.29) is 18.2 Å². The summed E-state index contributed by atoms with van der Waals surface area (Å²) in [5.74, 6) is 0.751. The maximum atomic E-state index is 12.8. The Morgan fingerprint density at radius 2 is 1.62 bits per heavy atom. The Hall–Kier alpha value is -4.07. The first-order chi connectivity index (χ1) is 16.3. The van der Waals surface area contributed by atoms with E-state index in [0.29, 0.717) is 41.6 Å². The molecule has 1 aliphatic heterocycles. The lowest BCUT2D eigenvalue weighted by atomic mass is 10.1. The lowest BCUT2D eigenvalue weighted by Crippen LogP contribution is -2.20. The first kappa shape index (κ1) is 23.1. The van der Waals surface area contributed by atoms with E-state index >= 15 is 0 Å². The van der Waals surface area contributed by atoms with E-state index in [1.54, 1.807) is 30.3 Å². The summed E-state index contributed by atoms with van der Waals surface area (Å²) in [7, 11) is 0. The zero-order valence-corrected chi connectivity index (χ0v) is 19.3. The fourth-order valence-corrected chi connectivity index (χ4v) is 3.81. The second kappa shape index (κ2) is 9.82. The van der Waals surface area contributed by atoms with Crippen LogP contribution in [-0.4, -0.2) is 48.5 Å². The summed E-state index contributed by atoms with van der Waals surface area (Å²) >= 11 is 0. The molecule has 0 aliphatic carbocycles. The van der Waals surface area contributed by atoms with Crippen LogP contribution in [0.2, 0.25) is 0 Å². The number of aromatic nitrogens is 1. The van der Waals surface area contributed by atoms with E-state index < -0.39 is 12.6 Å². The molecule has 0 bridgehead atoms. The smallest absolute Gasteiger partial charge is 0.344 e. The Morgan fingerprint density at radius 1 is 0.912 bits per heavy atom. The highest BCUT2D eigenvalue weighted by Gasteiger charge is 2.20. The van der Waals surface area contributed by atoms with Gasteiger partial charge in [0.1, 0.15) is 19.0 Å². The number of hydrogen-bond donors (Lipinski definition) is 0. The molecule has 0 saturated carbocycles. The molecule has 3 aromatic rings. The Bertz CT molecular complexity index is 1240. The number of fused-ring (bicyclic) bond motifs is 1. The van der Waals surface area contributed by atoms with Crippen LogP contribution >= 0.6 is 0 Å². The van der Waals surface area contributed by atoms with E-state index in [1.165, 1.54) is 6.92 Å². The molecule has 0 amide bonds. The van der Waals surface area contributed by atoms with Gasteiger partial charge in [0.05, 0.1) is 0 Å². The molecule has 0 unspecified atom stereocenters. The quantitative estimate of drug-likeness (QED) is 0.370. The highest BCUT2D eigenvalue weighted by Crippen LogP contribution is 2.33. The molecule has 0 atom stereocenters. The number of esters is 1. The summed E-state index contributed by atoms with van der Waals surface area (Å²) in [4.78, 5) is 36.1. The van der Waals surface area contributed by atoms with Crippen molar-refractivity contribution < 1.29 is 33.3 Å². The minimum atomic E-state index is -0.662. The molecule has 1 aliphatic rings. The van der Waals surface area contributed by atoms with Gasteiger partial charge in [0.2, 0.25) is 5.78 Å². The zero-order valence-electron chi connectivity index (χ0n) is 19.3. The Kier molecular flexibility index (Phi) is 6.67. The van der Waals surface area contributed by atoms with Crippen LogP contribution < -0.4 is 14.2 Å². The van der Waals surface area contributed by atoms with Gasteiger partial charge < -0.3 is 23.5 Å². The van der Waals surface area contributed by atoms with E-state index in [0.717, 1.165) is 17.1 Å². The van der Waals surface area contributed by atoms with Crippen molar-refractivity contribution in [3.8, 4) is 22.9 Å². The van der Waals surface area contributed by atoms with Gasteiger partial charge in [0.15, 0.2) is 30.5 Å². The molecule has 34 heavy (non-hydrogen) atoms. The molecule has 1 aromatic heterocycles. The average molecular weight is 463 g/mol. The van der Waals surface area contributed by atoms with Crippen molar-refractivity contribution in [2.24, 2.45) is 0 Å². The van der Waals surface area contributed by atoms with Gasteiger partial charge in [-0.05, 0) is 63.2 Å². The largest absolute Gasteiger partial charge is 0.486 e. The van der Waals surface area contributed by atoms with Crippen LogP contribution in [-0.2, 0) is 9.53 Å². The molecule has 0 fully saturated rings. The number of ketones is 2. The Labute approximate surface area is 197 Å². The standard InChI is InChI=1S/C26H25NO7/c1-16-12-22(17(2)27(16)20-6-9-24-25(13-20)32-11-10-31-24)23(29)14-34-26(30)15-33-21-7-4-19(5-8-21)18(3)28/h4-9,12-13H,10-11,14-15H2,1-3H3. The molecule has 176 valence electrons. The van der Waals surface area contributed by atoms with Gasteiger partial charge in [-0.15, -0.1) is 0 Å². The number of ether oxygens (including phenoxy) is 4. The van der Waals surface area contributed by atoms with Gasteiger partial charge in [-0.3, -0.25) is 9.59 Å². The lowest BCUT2D eigenvalue weighted by Gasteiger charge is -2.20. The van der Waals surface area contributed by atoms with Crippen molar-refractivity contribution in [2.75, 3.05) is 26.4 Å². The summed E-state index contributed by atoms with van der Waals surface area (Å²) in [6.07, 6.45) is 0. The molecule has 8 heteroatoms. The monoisotopic (exact) mass is 463 g/mol. The fraction of sp³-hybridized carbons (Fsp3) is 0.269. The molecular weight excluding hydrogens is 438 g/mol. The van der Waals surface area contributed by atoms with Crippen LogP contribution in [0.25, 0.3) is 5.69 Å². The number of aryl methyl sites for hydroxylation is 1. The van der Waals surface area contributed by atoms with Crippen molar-refractivity contribution >= 4 is 17.5 Å². The predicted octanol–water partition coefficient (Wildman–Crippen LogP) is 3.87. The highest BCUT2D eigenvalue weighted by atomic mass is 16.6. The van der Waals surface area contributed by atoms with Crippen LogP contribution in [0.3, 0.4) is 0 Å². The summed E-state index contributed by atoms with van der Waals surface area (Å²) in [5.41, 5.74) is 3.47. The van der Waals surface area contributed by atoms with Gasteiger partial charge in [0, 0.05) is 34.3 Å². The molecule has 8 nitrogen and oxygen atoms in total. The Morgan fingerprint density at radius 3 is 2.32 bits per heavy atom. The van der Waals surface area contributed by atoms with Gasteiger partial charge in [-0.1, -0.05) is 0 Å². The van der Waals surface area contributed by atoms with Crippen molar-refractivity contribution in [2.45, 2.75) is 20.8 Å². The second-order valence-corrected chi connectivity index (χ2v) is 7.90. The van der Waals surface area contributed by atoms with E-state index in [4.69, 9.17) is 18.9 Å². The molecular formula is C26H25NO7. The van der Waals surface area contributed by atoms with Crippen LogP contribution in [0.5, 0.6) is 17.2 Å². The summed E-state index contributed by atoms with van der Waals surface area (Å²) in [6.45, 7) is 5.48. The normalized spacial score (nSPS) is 12.2. The van der Waals surface area contributed by atoms with Gasteiger partial charge in [-0.25, -0.2) is 4.79 Å². The van der Waals surface area contributed by atoms with E-state index in [1.807, 2.05) is 36.6 Å². The summed E-state index contributed by atoms with van der Waals surface area (Å²) in [5, 5.41) is 0. The molecule has 0 radical (unpaired) electrons. The third-order valence-electron chi connectivity index (χ3n) is 5.50. The second-order valence-electron chi connectivity index (χ2n) is 7.90.